The van der Waals surface area contributed by atoms with Crippen molar-refractivity contribution in [2.24, 2.45) is 0 Å². The number of aromatic carboxylic acids is 1. The van der Waals surface area contributed by atoms with Gasteiger partial charge in [0.25, 0.3) is 5.91 Å². The summed E-state index contributed by atoms with van der Waals surface area (Å²) >= 11 is 0. The number of rotatable bonds is 4. The van der Waals surface area contributed by atoms with Crippen molar-refractivity contribution in [3.8, 4) is 0 Å². The molecule has 0 aliphatic heterocycles. The van der Waals surface area contributed by atoms with Gasteiger partial charge in [-0.25, -0.2) is 4.79 Å². The maximum absolute atomic E-state index is 12.4. The summed E-state index contributed by atoms with van der Waals surface area (Å²) in [7, 11) is 0. The molecule has 1 aromatic carbocycles. The normalized spacial score (nSPS) is 11.2. The van der Waals surface area contributed by atoms with Gasteiger partial charge in [0.15, 0.2) is 5.69 Å². The van der Waals surface area contributed by atoms with Gasteiger partial charge in [-0.05, 0) is 51.0 Å². The predicted octanol–water partition coefficient (Wildman–Crippen LogP) is 3.31. The molecule has 0 unspecified atom stereocenters. The Kier molecular flexibility index (Phi) is 4.65. The second kappa shape index (κ2) is 6.36. The van der Waals surface area contributed by atoms with Crippen molar-refractivity contribution >= 4 is 17.6 Å². The minimum Gasteiger partial charge on any atom is -0.477 e. The van der Waals surface area contributed by atoms with Crippen molar-refractivity contribution < 1.29 is 14.7 Å². The summed E-state index contributed by atoms with van der Waals surface area (Å²) in [5.74, 6) is -1.23. The van der Waals surface area contributed by atoms with Gasteiger partial charge in [-0.3, -0.25) is 9.48 Å². The zero-order valence-corrected chi connectivity index (χ0v) is 14.5. The molecule has 0 atom stereocenters. The van der Waals surface area contributed by atoms with E-state index in [1.54, 1.807) is 6.07 Å². The van der Waals surface area contributed by atoms with Crippen molar-refractivity contribution in [1.29, 1.82) is 0 Å². The quantitative estimate of drug-likeness (QED) is 0.902. The lowest BCUT2D eigenvalue weighted by Crippen LogP contribution is -2.26. The molecule has 2 rings (SSSR count). The third-order valence-corrected chi connectivity index (χ3v) is 3.42. The summed E-state index contributed by atoms with van der Waals surface area (Å²) in [6.45, 7) is 10.2. The molecule has 0 saturated heterocycles. The summed E-state index contributed by atoms with van der Waals surface area (Å²) in [5.41, 5.74) is 1.39. The van der Waals surface area contributed by atoms with Gasteiger partial charge in [-0.15, -0.1) is 0 Å². The van der Waals surface area contributed by atoms with E-state index >= 15 is 0 Å². The summed E-state index contributed by atoms with van der Waals surface area (Å²) in [6.07, 6.45) is 0. The highest BCUT2D eigenvalue weighted by Crippen LogP contribution is 2.23. The summed E-state index contributed by atoms with van der Waals surface area (Å²) in [6, 6.07) is 9.72. The van der Waals surface area contributed by atoms with E-state index in [4.69, 9.17) is 5.11 Å². The van der Waals surface area contributed by atoms with Gasteiger partial charge in [0, 0.05) is 5.69 Å². The first-order valence-electron chi connectivity index (χ1n) is 7.68. The van der Waals surface area contributed by atoms with Crippen LogP contribution in [-0.2, 0) is 5.54 Å². The fourth-order valence-corrected chi connectivity index (χ4v) is 2.22. The molecule has 0 bridgehead atoms. The monoisotopic (exact) mass is 327 g/mol. The number of aromatic nitrogens is 2. The molecule has 126 valence electrons. The van der Waals surface area contributed by atoms with Crippen LogP contribution in [0.15, 0.2) is 18.2 Å². The van der Waals surface area contributed by atoms with Crippen LogP contribution in [0.1, 0.15) is 67.1 Å². The second-order valence-corrected chi connectivity index (χ2v) is 6.86. The van der Waals surface area contributed by atoms with Gasteiger partial charge in [0.2, 0.25) is 0 Å². The van der Waals surface area contributed by atoms with E-state index in [1.165, 1.54) is 12.1 Å². The van der Waals surface area contributed by atoms with Gasteiger partial charge in [0.1, 0.15) is 5.56 Å². The summed E-state index contributed by atoms with van der Waals surface area (Å²) in [5, 5.41) is 15.9. The molecule has 0 aliphatic carbocycles. The van der Waals surface area contributed by atoms with Crippen LogP contribution in [0.3, 0.4) is 0 Å². The fourth-order valence-electron chi connectivity index (χ4n) is 2.22. The number of carboxylic acids is 1. The lowest BCUT2D eigenvalue weighted by molar-refractivity contribution is 0.0696. The molecule has 6 nitrogen and oxygen atoms in total. The molecule has 1 aromatic heterocycles. The standard InChI is InChI=1S/C18H21N3O3/c1-11(2)15-10-14(20-21(15)18(3,4)5)16(22)19-13-8-6-12(7-9-13)17(23)24/h6,8,10-11H,1-5H3,(H,19,22)(H,23,24). The van der Waals surface area contributed by atoms with Gasteiger partial charge in [-0.2, -0.15) is 5.10 Å². The Morgan fingerprint density at radius 2 is 1.92 bits per heavy atom. The number of hydrogen-bond donors (Lipinski definition) is 2. The summed E-state index contributed by atoms with van der Waals surface area (Å²) < 4.78 is 1.86. The maximum Gasteiger partial charge on any atom is 0.344 e. The van der Waals surface area contributed by atoms with E-state index in [-0.39, 0.29) is 22.9 Å². The molecule has 0 aliphatic rings. The molecule has 0 fully saturated rings. The number of amides is 1. The zero-order chi connectivity index (χ0) is 18.1. The van der Waals surface area contributed by atoms with Crippen molar-refractivity contribution in [2.45, 2.75) is 46.1 Å². The number of nitrogens with one attached hydrogen (secondary N) is 1. The number of carbonyl (C=O) groups is 2. The highest BCUT2D eigenvalue weighted by Gasteiger charge is 2.23. The smallest absolute Gasteiger partial charge is 0.344 e. The van der Waals surface area contributed by atoms with E-state index in [0.29, 0.717) is 11.4 Å². The Labute approximate surface area is 141 Å². The SMILES string of the molecule is CC(C)c1cc(C(=O)Nc2c#cc(C(=O)O)cc2)nn1C(C)(C)C. The number of hydrogen-bond acceptors (Lipinski definition) is 3. The highest BCUT2D eigenvalue weighted by molar-refractivity contribution is 6.02. The Hall–Kier alpha value is -2.81. The van der Waals surface area contributed by atoms with Gasteiger partial charge in [0.05, 0.1) is 11.2 Å². The van der Waals surface area contributed by atoms with Crippen LogP contribution in [0.5, 0.6) is 0 Å². The fraction of sp³-hybridized carbons (Fsp3) is 0.389. The van der Waals surface area contributed by atoms with Crippen LogP contribution in [0.4, 0.5) is 5.69 Å². The minimum atomic E-state index is -1.09. The third-order valence-electron chi connectivity index (χ3n) is 3.42. The topological polar surface area (TPSA) is 84.2 Å². The average Bonchev–Trinajstić information content (AvgIpc) is 2.93. The molecular formula is C18H21N3O3. The van der Waals surface area contributed by atoms with Crippen LogP contribution >= 0.6 is 0 Å². The van der Waals surface area contributed by atoms with Crippen molar-refractivity contribution in [3.63, 3.8) is 0 Å². The largest absolute Gasteiger partial charge is 0.477 e. The lowest BCUT2D eigenvalue weighted by Gasteiger charge is -2.23. The van der Waals surface area contributed by atoms with E-state index in [9.17, 15) is 9.59 Å². The van der Waals surface area contributed by atoms with Gasteiger partial charge >= 0.3 is 5.97 Å². The van der Waals surface area contributed by atoms with Crippen molar-refractivity contribution in [1.82, 2.24) is 9.78 Å². The molecule has 0 spiro atoms. The Morgan fingerprint density at radius 3 is 2.33 bits per heavy atom. The number of carboxylic acid groups (broad SMARTS) is 1. The lowest BCUT2D eigenvalue weighted by atomic mass is 10.1. The predicted molar refractivity (Wildman–Crippen MR) is 90.3 cm³/mol. The van der Waals surface area contributed by atoms with E-state index in [1.807, 2.05) is 39.3 Å². The van der Waals surface area contributed by atoms with Crippen LogP contribution < -0.4 is 5.32 Å². The van der Waals surface area contributed by atoms with E-state index < -0.39 is 5.97 Å². The van der Waals surface area contributed by atoms with Crippen LogP contribution in [0.25, 0.3) is 0 Å². The molecule has 1 heterocycles. The molecule has 0 radical (unpaired) electrons. The first-order chi connectivity index (χ1) is 11.1. The van der Waals surface area contributed by atoms with E-state index in [2.05, 4.69) is 22.5 Å². The summed E-state index contributed by atoms with van der Waals surface area (Å²) in [4.78, 5) is 23.2. The zero-order valence-electron chi connectivity index (χ0n) is 14.5. The number of anilines is 1. The molecule has 1 amide bonds. The minimum absolute atomic E-state index is 0.00731. The van der Waals surface area contributed by atoms with Crippen LogP contribution in [-0.4, -0.2) is 26.8 Å². The highest BCUT2D eigenvalue weighted by atomic mass is 16.4. The van der Waals surface area contributed by atoms with Crippen LogP contribution in [0.2, 0.25) is 0 Å². The average molecular weight is 327 g/mol. The molecule has 0 saturated carbocycles. The molecule has 2 aromatic rings. The van der Waals surface area contributed by atoms with E-state index in [0.717, 1.165) is 5.69 Å². The van der Waals surface area contributed by atoms with Crippen molar-refractivity contribution in [3.05, 3.63) is 47.3 Å². The third kappa shape index (κ3) is 3.74. The van der Waals surface area contributed by atoms with Gasteiger partial charge < -0.3 is 10.4 Å². The number of nitrogens with zero attached hydrogens (tertiary/aromatic N) is 2. The maximum atomic E-state index is 12.4. The first kappa shape index (κ1) is 17.5. The Morgan fingerprint density at radius 1 is 1.25 bits per heavy atom. The Bertz CT molecular complexity index is 753. The molecule has 2 N–H and O–H groups in total. The Balaban J connectivity index is 2.25. The van der Waals surface area contributed by atoms with Crippen LogP contribution in [0, 0.1) is 12.1 Å². The number of carbonyl (C=O) groups excluding carboxylic acids is 1. The molecule has 6 heteroatoms. The molecular weight excluding hydrogens is 306 g/mol. The second-order valence-electron chi connectivity index (χ2n) is 6.86. The molecule has 24 heavy (non-hydrogen) atoms. The first-order valence-corrected chi connectivity index (χ1v) is 7.68. The van der Waals surface area contributed by atoms with Gasteiger partial charge in [-0.1, -0.05) is 19.9 Å². The van der Waals surface area contributed by atoms with Crippen molar-refractivity contribution in [2.75, 3.05) is 5.32 Å².